The third kappa shape index (κ3) is 4.94. The van der Waals surface area contributed by atoms with Gasteiger partial charge in [0.1, 0.15) is 17.6 Å². The lowest BCUT2D eigenvalue weighted by Gasteiger charge is -2.13. The van der Waals surface area contributed by atoms with Crippen LogP contribution in [0.4, 0.5) is 0 Å². The van der Waals surface area contributed by atoms with Crippen molar-refractivity contribution in [1.29, 1.82) is 5.26 Å². The normalized spacial score (nSPS) is 21.8. The second-order valence-electron chi connectivity index (χ2n) is 9.09. The summed E-state index contributed by atoms with van der Waals surface area (Å²) in [5.41, 5.74) is 4.78. The number of carbonyl (C=O) groups is 1. The Kier molecular flexibility index (Phi) is 6.45. The molecule has 1 unspecified atom stereocenters. The second kappa shape index (κ2) is 9.44. The first-order chi connectivity index (χ1) is 15.5. The van der Waals surface area contributed by atoms with Gasteiger partial charge in [-0.05, 0) is 61.3 Å². The Morgan fingerprint density at radius 1 is 1.16 bits per heavy atom. The van der Waals surface area contributed by atoms with E-state index in [1.165, 1.54) is 18.6 Å². The zero-order chi connectivity index (χ0) is 22.6. The smallest absolute Gasteiger partial charge is 0.311 e. The van der Waals surface area contributed by atoms with Crippen LogP contribution in [-0.2, 0) is 9.53 Å². The van der Waals surface area contributed by atoms with Crippen molar-refractivity contribution in [3.63, 3.8) is 0 Å². The molecule has 0 bridgehead atoms. The summed E-state index contributed by atoms with van der Waals surface area (Å²) >= 11 is 0. The van der Waals surface area contributed by atoms with Crippen LogP contribution in [0.5, 0.6) is 11.5 Å². The Labute approximate surface area is 189 Å². The minimum Gasteiger partial charge on any atom is -0.457 e. The Morgan fingerprint density at radius 3 is 2.59 bits per heavy atom. The lowest BCUT2D eigenvalue weighted by atomic mass is 10.1. The van der Waals surface area contributed by atoms with Gasteiger partial charge in [0.15, 0.2) is 0 Å². The molecule has 2 aliphatic carbocycles. The molecule has 0 amide bonds. The SMILES string of the molecule is CC1(C)[C@H](C(=O)OC(C#N)c2cccc(Oc3ccccc3)c2)[C@@H]1CNN=C1CCCC1. The van der Waals surface area contributed by atoms with Crippen LogP contribution in [0.3, 0.4) is 0 Å². The fourth-order valence-corrected chi connectivity index (χ4v) is 4.47. The van der Waals surface area contributed by atoms with E-state index >= 15 is 0 Å². The minimum absolute atomic E-state index is 0.132. The molecular weight excluding hydrogens is 402 g/mol. The van der Waals surface area contributed by atoms with Crippen LogP contribution in [0.1, 0.15) is 51.2 Å². The largest absolute Gasteiger partial charge is 0.457 e. The van der Waals surface area contributed by atoms with Crippen LogP contribution in [0.2, 0.25) is 0 Å². The zero-order valence-electron chi connectivity index (χ0n) is 18.6. The van der Waals surface area contributed by atoms with Gasteiger partial charge < -0.3 is 14.9 Å². The molecule has 2 fully saturated rings. The van der Waals surface area contributed by atoms with Gasteiger partial charge in [0, 0.05) is 17.8 Å². The van der Waals surface area contributed by atoms with Gasteiger partial charge in [-0.2, -0.15) is 10.4 Å². The number of rotatable bonds is 8. The number of nitriles is 1. The molecule has 2 aromatic carbocycles. The van der Waals surface area contributed by atoms with Gasteiger partial charge in [-0.25, -0.2) is 0 Å². The van der Waals surface area contributed by atoms with Crippen LogP contribution < -0.4 is 10.2 Å². The first-order valence-electron chi connectivity index (χ1n) is 11.2. The number of hydrogen-bond acceptors (Lipinski definition) is 6. The molecular formula is C26H29N3O3. The van der Waals surface area contributed by atoms with Crippen LogP contribution >= 0.6 is 0 Å². The van der Waals surface area contributed by atoms with Gasteiger partial charge in [0.25, 0.3) is 0 Å². The van der Waals surface area contributed by atoms with E-state index in [4.69, 9.17) is 9.47 Å². The molecule has 2 saturated carbocycles. The molecule has 0 heterocycles. The maximum absolute atomic E-state index is 12.9. The number of esters is 1. The number of para-hydroxylation sites is 1. The average molecular weight is 432 g/mol. The topological polar surface area (TPSA) is 83.7 Å². The molecule has 166 valence electrons. The third-order valence-electron chi connectivity index (χ3n) is 6.52. The Balaban J connectivity index is 1.37. The molecule has 6 heteroatoms. The summed E-state index contributed by atoms with van der Waals surface area (Å²) in [4.78, 5) is 12.9. The maximum atomic E-state index is 12.9. The van der Waals surface area contributed by atoms with Gasteiger partial charge in [0.2, 0.25) is 6.10 Å². The number of hydrazone groups is 1. The van der Waals surface area contributed by atoms with Crippen molar-refractivity contribution in [2.75, 3.05) is 6.54 Å². The standard InChI is InChI=1S/C26H29N3O3/c1-26(2)22(17-28-29-19-10-6-7-11-19)24(26)25(30)32-23(16-27)18-9-8-14-21(15-18)31-20-12-4-3-5-13-20/h3-5,8-9,12-15,22-24,28H,6-7,10-11,17H2,1-2H3/t22-,23?,24-/m0/s1. The molecule has 6 nitrogen and oxygen atoms in total. The fraction of sp³-hybridized carbons (Fsp3) is 0.423. The van der Waals surface area contributed by atoms with Crippen LogP contribution in [-0.4, -0.2) is 18.2 Å². The van der Waals surface area contributed by atoms with E-state index in [1.807, 2.05) is 36.4 Å². The monoisotopic (exact) mass is 431 g/mol. The highest BCUT2D eigenvalue weighted by Gasteiger charge is 2.62. The van der Waals surface area contributed by atoms with Crippen molar-refractivity contribution < 1.29 is 14.3 Å². The van der Waals surface area contributed by atoms with Crippen molar-refractivity contribution in [2.24, 2.45) is 22.4 Å². The molecule has 3 atom stereocenters. The second-order valence-corrected chi connectivity index (χ2v) is 9.09. The quantitative estimate of drug-likeness (QED) is 0.448. The van der Waals surface area contributed by atoms with Gasteiger partial charge in [0.05, 0.1) is 5.92 Å². The molecule has 0 radical (unpaired) electrons. The van der Waals surface area contributed by atoms with E-state index in [1.54, 1.807) is 18.2 Å². The number of nitrogens with one attached hydrogen (secondary N) is 1. The van der Waals surface area contributed by atoms with E-state index in [2.05, 4.69) is 30.4 Å². The van der Waals surface area contributed by atoms with E-state index in [-0.39, 0.29) is 23.2 Å². The van der Waals surface area contributed by atoms with Crippen molar-refractivity contribution in [2.45, 2.75) is 45.6 Å². The van der Waals surface area contributed by atoms with Crippen molar-refractivity contribution in [3.05, 3.63) is 60.2 Å². The third-order valence-corrected chi connectivity index (χ3v) is 6.52. The molecule has 0 aliphatic heterocycles. The van der Waals surface area contributed by atoms with Crippen molar-refractivity contribution >= 4 is 11.7 Å². The average Bonchev–Trinajstić information content (AvgIpc) is 3.11. The predicted octanol–water partition coefficient (Wildman–Crippen LogP) is 5.38. The van der Waals surface area contributed by atoms with Gasteiger partial charge in [-0.15, -0.1) is 0 Å². The van der Waals surface area contributed by atoms with E-state index in [0.717, 1.165) is 12.8 Å². The lowest BCUT2D eigenvalue weighted by Crippen LogP contribution is -2.17. The summed E-state index contributed by atoms with van der Waals surface area (Å²) in [7, 11) is 0. The number of nitrogens with zero attached hydrogens (tertiary/aromatic N) is 2. The van der Waals surface area contributed by atoms with E-state index < -0.39 is 6.10 Å². The Bertz CT molecular complexity index is 1020. The molecule has 4 rings (SSSR count). The first-order valence-corrected chi connectivity index (χ1v) is 11.2. The fourth-order valence-electron chi connectivity index (χ4n) is 4.47. The number of ether oxygens (including phenoxy) is 2. The lowest BCUT2D eigenvalue weighted by molar-refractivity contribution is -0.149. The summed E-state index contributed by atoms with van der Waals surface area (Å²) < 4.78 is 11.5. The van der Waals surface area contributed by atoms with Crippen LogP contribution in [0.25, 0.3) is 0 Å². The van der Waals surface area contributed by atoms with E-state index in [9.17, 15) is 10.1 Å². The maximum Gasteiger partial charge on any atom is 0.311 e. The number of benzene rings is 2. The summed E-state index contributed by atoms with van der Waals surface area (Å²) in [5, 5.41) is 14.2. The van der Waals surface area contributed by atoms with Crippen LogP contribution in [0.15, 0.2) is 59.7 Å². The Hall–Kier alpha value is -3.33. The molecule has 2 aromatic rings. The minimum atomic E-state index is -0.981. The highest BCUT2D eigenvalue weighted by molar-refractivity contribution is 5.85. The predicted molar refractivity (Wildman–Crippen MR) is 122 cm³/mol. The summed E-state index contributed by atoms with van der Waals surface area (Å²) in [6.45, 7) is 4.75. The summed E-state index contributed by atoms with van der Waals surface area (Å²) in [5.74, 6) is 0.832. The molecule has 0 spiro atoms. The first kappa shape index (κ1) is 21.9. The van der Waals surface area contributed by atoms with Gasteiger partial charge in [-0.1, -0.05) is 44.2 Å². The van der Waals surface area contributed by atoms with Gasteiger partial charge >= 0.3 is 5.97 Å². The highest BCUT2D eigenvalue weighted by Crippen LogP contribution is 2.58. The highest BCUT2D eigenvalue weighted by atomic mass is 16.5. The summed E-state index contributed by atoms with van der Waals surface area (Å²) in [6, 6.07) is 18.6. The summed E-state index contributed by atoms with van der Waals surface area (Å²) in [6.07, 6.45) is 3.55. The van der Waals surface area contributed by atoms with Crippen molar-refractivity contribution in [3.8, 4) is 17.6 Å². The molecule has 0 saturated heterocycles. The van der Waals surface area contributed by atoms with Crippen molar-refractivity contribution in [1.82, 2.24) is 5.43 Å². The van der Waals surface area contributed by atoms with Gasteiger partial charge in [-0.3, -0.25) is 4.79 Å². The number of carbonyl (C=O) groups excluding carboxylic acids is 1. The molecule has 32 heavy (non-hydrogen) atoms. The molecule has 0 aromatic heterocycles. The zero-order valence-corrected chi connectivity index (χ0v) is 18.6. The molecule has 2 aliphatic rings. The number of hydrogen-bond donors (Lipinski definition) is 1. The van der Waals surface area contributed by atoms with Crippen LogP contribution in [0, 0.1) is 28.6 Å². The Morgan fingerprint density at radius 2 is 1.88 bits per heavy atom. The van der Waals surface area contributed by atoms with E-state index in [0.29, 0.717) is 23.6 Å². The molecule has 1 N–H and O–H groups in total.